The summed E-state index contributed by atoms with van der Waals surface area (Å²) in [5, 5.41) is 8.94. The number of aliphatic hydroxyl groups is 1. The lowest BCUT2D eigenvalue weighted by atomic mass is 10.6. The summed E-state index contributed by atoms with van der Waals surface area (Å²) in [7, 11) is 0. The van der Waals surface area contributed by atoms with Crippen molar-refractivity contribution in [3.8, 4) is 0 Å². The van der Waals surface area contributed by atoms with Gasteiger partial charge in [-0.05, 0) is 0 Å². The van der Waals surface area contributed by atoms with Crippen LogP contribution in [0.2, 0.25) is 0 Å². The lowest BCUT2D eigenvalue weighted by Crippen LogP contribution is -2.15. The molecule has 0 aromatic heterocycles. The van der Waals surface area contributed by atoms with Crippen molar-refractivity contribution in [2.24, 2.45) is 0 Å². The molecule has 4 heteroatoms. The SMILES string of the molecule is C=CCOCC1OC(O)CS1. The van der Waals surface area contributed by atoms with Gasteiger partial charge in [0.2, 0.25) is 0 Å². The summed E-state index contributed by atoms with van der Waals surface area (Å²) >= 11 is 1.57. The maximum atomic E-state index is 8.94. The zero-order valence-corrected chi connectivity index (χ0v) is 7.05. The second kappa shape index (κ2) is 4.77. The van der Waals surface area contributed by atoms with Crippen molar-refractivity contribution in [1.82, 2.24) is 0 Å². The van der Waals surface area contributed by atoms with Crippen LogP contribution in [0.3, 0.4) is 0 Å². The van der Waals surface area contributed by atoms with Crippen LogP contribution in [-0.2, 0) is 9.47 Å². The van der Waals surface area contributed by atoms with E-state index in [9.17, 15) is 0 Å². The Kier molecular flexibility index (Phi) is 3.93. The molecule has 0 bridgehead atoms. The first-order valence-corrected chi connectivity index (χ1v) is 4.51. The van der Waals surface area contributed by atoms with Crippen LogP contribution in [0.1, 0.15) is 0 Å². The summed E-state index contributed by atoms with van der Waals surface area (Å²) in [6, 6.07) is 0. The number of hydrogen-bond acceptors (Lipinski definition) is 4. The second-order valence-electron chi connectivity index (χ2n) is 2.18. The van der Waals surface area contributed by atoms with Crippen molar-refractivity contribution in [2.45, 2.75) is 11.7 Å². The molecule has 0 aromatic carbocycles. The lowest BCUT2D eigenvalue weighted by Gasteiger charge is -2.08. The van der Waals surface area contributed by atoms with Crippen LogP contribution in [0, 0.1) is 0 Å². The minimum atomic E-state index is -0.614. The summed E-state index contributed by atoms with van der Waals surface area (Å²) in [5.74, 6) is 0.641. The molecule has 0 saturated carbocycles. The Morgan fingerprint density at radius 3 is 3.18 bits per heavy atom. The van der Waals surface area contributed by atoms with Gasteiger partial charge in [-0.1, -0.05) is 6.08 Å². The normalized spacial score (nSPS) is 30.6. The molecule has 1 fully saturated rings. The predicted octanol–water partition coefficient (Wildman–Crippen LogP) is 0.597. The zero-order valence-electron chi connectivity index (χ0n) is 6.23. The molecular weight excluding hydrogens is 164 g/mol. The maximum Gasteiger partial charge on any atom is 0.165 e. The Balaban J connectivity index is 2.03. The van der Waals surface area contributed by atoms with E-state index in [2.05, 4.69) is 6.58 Å². The fourth-order valence-corrected chi connectivity index (χ4v) is 1.64. The Bertz CT molecular complexity index is 129. The predicted molar refractivity (Wildman–Crippen MR) is 44.4 cm³/mol. The molecule has 2 unspecified atom stereocenters. The topological polar surface area (TPSA) is 38.7 Å². The van der Waals surface area contributed by atoms with Gasteiger partial charge in [-0.2, -0.15) is 0 Å². The molecule has 0 spiro atoms. The molecule has 1 heterocycles. The number of ether oxygens (including phenoxy) is 2. The molecule has 3 nitrogen and oxygen atoms in total. The smallest absolute Gasteiger partial charge is 0.165 e. The Morgan fingerprint density at radius 2 is 2.64 bits per heavy atom. The van der Waals surface area contributed by atoms with Gasteiger partial charge in [-0.25, -0.2) is 0 Å². The van der Waals surface area contributed by atoms with Crippen molar-refractivity contribution in [1.29, 1.82) is 0 Å². The highest BCUT2D eigenvalue weighted by molar-refractivity contribution is 8.00. The number of thioether (sulfide) groups is 1. The van der Waals surface area contributed by atoms with E-state index in [1.54, 1.807) is 17.8 Å². The number of hydrogen-bond donors (Lipinski definition) is 1. The molecule has 1 rings (SSSR count). The first-order chi connectivity index (χ1) is 5.33. The summed E-state index contributed by atoms with van der Waals surface area (Å²) < 4.78 is 10.2. The van der Waals surface area contributed by atoms with Crippen molar-refractivity contribution in [3.05, 3.63) is 12.7 Å². The minimum Gasteiger partial charge on any atom is -0.374 e. The van der Waals surface area contributed by atoms with Crippen LogP contribution in [-0.4, -0.2) is 35.8 Å². The minimum absolute atomic E-state index is 0.00931. The van der Waals surface area contributed by atoms with Crippen molar-refractivity contribution >= 4 is 11.8 Å². The van der Waals surface area contributed by atoms with Crippen LogP contribution in [0.5, 0.6) is 0 Å². The third-order valence-corrected chi connectivity index (χ3v) is 2.32. The highest BCUT2D eigenvalue weighted by Gasteiger charge is 2.23. The van der Waals surface area contributed by atoms with Gasteiger partial charge < -0.3 is 14.6 Å². The van der Waals surface area contributed by atoms with E-state index in [0.717, 1.165) is 0 Å². The van der Waals surface area contributed by atoms with Gasteiger partial charge >= 0.3 is 0 Å². The summed E-state index contributed by atoms with van der Waals surface area (Å²) in [4.78, 5) is 0. The third kappa shape index (κ3) is 3.25. The molecule has 0 amide bonds. The lowest BCUT2D eigenvalue weighted by molar-refractivity contribution is -0.0952. The van der Waals surface area contributed by atoms with Gasteiger partial charge in [0.05, 0.1) is 13.2 Å². The standard InChI is InChI=1S/C7H12O3S/c1-2-3-9-4-7-10-6(8)5-11-7/h2,6-8H,1,3-5H2. The summed E-state index contributed by atoms with van der Waals surface area (Å²) in [6.45, 7) is 4.58. The van der Waals surface area contributed by atoms with E-state index in [1.807, 2.05) is 0 Å². The van der Waals surface area contributed by atoms with Gasteiger partial charge in [0.15, 0.2) is 6.29 Å². The molecule has 0 aliphatic carbocycles. The van der Waals surface area contributed by atoms with E-state index >= 15 is 0 Å². The Labute approximate surface area is 70.4 Å². The summed E-state index contributed by atoms with van der Waals surface area (Å²) in [5.41, 5.74) is -0.00931. The molecule has 0 radical (unpaired) electrons. The fraction of sp³-hybridized carbons (Fsp3) is 0.714. The van der Waals surface area contributed by atoms with Gasteiger partial charge in [0, 0.05) is 5.75 Å². The van der Waals surface area contributed by atoms with Crippen molar-refractivity contribution in [2.75, 3.05) is 19.0 Å². The van der Waals surface area contributed by atoms with Crippen LogP contribution in [0.4, 0.5) is 0 Å². The van der Waals surface area contributed by atoms with E-state index in [4.69, 9.17) is 14.6 Å². The van der Waals surface area contributed by atoms with E-state index in [-0.39, 0.29) is 5.44 Å². The van der Waals surface area contributed by atoms with Crippen LogP contribution in [0.25, 0.3) is 0 Å². The highest BCUT2D eigenvalue weighted by atomic mass is 32.2. The van der Waals surface area contributed by atoms with Gasteiger partial charge in [-0.15, -0.1) is 18.3 Å². The molecule has 1 aliphatic rings. The van der Waals surface area contributed by atoms with Crippen LogP contribution in [0.15, 0.2) is 12.7 Å². The second-order valence-corrected chi connectivity index (χ2v) is 3.37. The van der Waals surface area contributed by atoms with Crippen LogP contribution < -0.4 is 0 Å². The zero-order chi connectivity index (χ0) is 8.10. The van der Waals surface area contributed by atoms with E-state index < -0.39 is 6.29 Å². The summed E-state index contributed by atoms with van der Waals surface area (Å²) in [6.07, 6.45) is 1.08. The number of rotatable bonds is 4. The largest absolute Gasteiger partial charge is 0.374 e. The van der Waals surface area contributed by atoms with Gasteiger partial charge in [-0.3, -0.25) is 0 Å². The maximum absolute atomic E-state index is 8.94. The molecule has 1 saturated heterocycles. The quantitative estimate of drug-likeness (QED) is 0.503. The average molecular weight is 176 g/mol. The first kappa shape index (κ1) is 9.06. The fourth-order valence-electron chi connectivity index (χ4n) is 0.778. The molecular formula is C7H12O3S. The average Bonchev–Trinajstić information content (AvgIpc) is 2.37. The molecule has 64 valence electrons. The number of aliphatic hydroxyl groups excluding tert-OH is 1. The first-order valence-electron chi connectivity index (χ1n) is 3.46. The van der Waals surface area contributed by atoms with Crippen LogP contribution >= 0.6 is 11.8 Å². The van der Waals surface area contributed by atoms with Crippen molar-refractivity contribution in [3.63, 3.8) is 0 Å². The Hall–Kier alpha value is -0.0300. The highest BCUT2D eigenvalue weighted by Crippen LogP contribution is 2.23. The van der Waals surface area contributed by atoms with E-state index in [1.165, 1.54) is 0 Å². The van der Waals surface area contributed by atoms with Gasteiger partial charge in [0.1, 0.15) is 5.44 Å². The van der Waals surface area contributed by atoms with E-state index in [0.29, 0.717) is 19.0 Å². The van der Waals surface area contributed by atoms with Gasteiger partial charge in [0.25, 0.3) is 0 Å². The molecule has 1 aliphatic heterocycles. The monoisotopic (exact) mass is 176 g/mol. The molecule has 1 N–H and O–H groups in total. The third-order valence-electron chi connectivity index (χ3n) is 1.22. The molecule has 0 aromatic rings. The molecule has 2 atom stereocenters. The Morgan fingerprint density at radius 1 is 1.82 bits per heavy atom. The molecule has 11 heavy (non-hydrogen) atoms. The van der Waals surface area contributed by atoms with Crippen molar-refractivity contribution < 1.29 is 14.6 Å².